The van der Waals surface area contributed by atoms with Gasteiger partial charge in [-0.15, -0.1) is 22.9 Å². The number of anilines is 1. The molecule has 0 unspecified atom stereocenters. The molecule has 0 saturated carbocycles. The van der Waals surface area contributed by atoms with Crippen molar-refractivity contribution in [3.05, 3.63) is 46.5 Å². The maximum absolute atomic E-state index is 12.0. The van der Waals surface area contributed by atoms with Gasteiger partial charge in [0, 0.05) is 16.8 Å². The van der Waals surface area contributed by atoms with Crippen LogP contribution in [0.25, 0.3) is 0 Å². The fourth-order valence-corrected chi connectivity index (χ4v) is 2.57. The van der Waals surface area contributed by atoms with Crippen molar-refractivity contribution in [3.8, 4) is 0 Å². The standard InChI is InChI=1S/C14H15ClN2OS/c1-9(2)12-8-19-14(16-12)17-13(18)11-5-3-10(7-15)4-6-11/h3-6,8-9H,7H2,1-2H3,(H,16,17,18). The smallest absolute Gasteiger partial charge is 0.257 e. The number of alkyl halides is 1. The number of carbonyl (C=O) groups is 1. The van der Waals surface area contributed by atoms with E-state index in [4.69, 9.17) is 11.6 Å². The molecule has 0 aliphatic carbocycles. The minimum atomic E-state index is -0.147. The van der Waals surface area contributed by atoms with Gasteiger partial charge in [0.25, 0.3) is 5.91 Å². The highest BCUT2D eigenvalue weighted by atomic mass is 35.5. The van der Waals surface area contributed by atoms with E-state index in [1.54, 1.807) is 12.1 Å². The van der Waals surface area contributed by atoms with Crippen LogP contribution in [0.4, 0.5) is 5.13 Å². The van der Waals surface area contributed by atoms with Gasteiger partial charge in [-0.2, -0.15) is 0 Å². The molecule has 19 heavy (non-hydrogen) atoms. The summed E-state index contributed by atoms with van der Waals surface area (Å²) in [6, 6.07) is 7.24. The number of carbonyl (C=O) groups excluding carboxylic acids is 1. The molecule has 0 radical (unpaired) electrons. The third-order valence-corrected chi connectivity index (χ3v) is 3.79. The Hall–Kier alpha value is -1.39. The maximum Gasteiger partial charge on any atom is 0.257 e. The lowest BCUT2D eigenvalue weighted by Crippen LogP contribution is -2.11. The highest BCUT2D eigenvalue weighted by Crippen LogP contribution is 2.22. The van der Waals surface area contributed by atoms with Gasteiger partial charge >= 0.3 is 0 Å². The predicted octanol–water partition coefficient (Wildman–Crippen LogP) is 4.26. The number of aromatic nitrogens is 1. The van der Waals surface area contributed by atoms with Gasteiger partial charge in [-0.25, -0.2) is 4.98 Å². The van der Waals surface area contributed by atoms with Crippen LogP contribution in [0.1, 0.15) is 41.4 Å². The second-order valence-electron chi connectivity index (χ2n) is 4.52. The zero-order valence-electron chi connectivity index (χ0n) is 10.8. The Morgan fingerprint density at radius 1 is 1.37 bits per heavy atom. The summed E-state index contributed by atoms with van der Waals surface area (Å²) in [5.41, 5.74) is 2.60. The van der Waals surface area contributed by atoms with E-state index < -0.39 is 0 Å². The molecule has 1 N–H and O–H groups in total. The predicted molar refractivity (Wildman–Crippen MR) is 80.2 cm³/mol. The van der Waals surface area contributed by atoms with Crippen molar-refractivity contribution in [3.63, 3.8) is 0 Å². The number of halogens is 1. The summed E-state index contributed by atoms with van der Waals surface area (Å²) in [5, 5.41) is 5.41. The van der Waals surface area contributed by atoms with Crippen LogP contribution < -0.4 is 5.32 Å². The van der Waals surface area contributed by atoms with Crippen LogP contribution in [-0.2, 0) is 5.88 Å². The number of rotatable bonds is 4. The van der Waals surface area contributed by atoms with Crippen molar-refractivity contribution in [1.29, 1.82) is 0 Å². The largest absolute Gasteiger partial charge is 0.298 e. The molecule has 0 saturated heterocycles. The van der Waals surface area contributed by atoms with Crippen LogP contribution in [-0.4, -0.2) is 10.9 Å². The summed E-state index contributed by atoms with van der Waals surface area (Å²) in [4.78, 5) is 16.4. The second kappa shape index (κ2) is 6.17. The molecule has 1 amide bonds. The summed E-state index contributed by atoms with van der Waals surface area (Å²) in [5.74, 6) is 0.669. The van der Waals surface area contributed by atoms with Crippen LogP contribution in [0.3, 0.4) is 0 Å². The molecule has 100 valence electrons. The number of benzene rings is 1. The molecule has 0 aliphatic heterocycles. The van der Waals surface area contributed by atoms with Crippen molar-refractivity contribution in [2.75, 3.05) is 5.32 Å². The van der Waals surface area contributed by atoms with Gasteiger partial charge in [-0.05, 0) is 23.6 Å². The number of amides is 1. The molecule has 2 aromatic rings. The summed E-state index contributed by atoms with van der Waals surface area (Å²) >= 11 is 7.16. The SMILES string of the molecule is CC(C)c1csc(NC(=O)c2ccc(CCl)cc2)n1. The van der Waals surface area contributed by atoms with E-state index >= 15 is 0 Å². The number of hydrogen-bond acceptors (Lipinski definition) is 3. The molecule has 0 spiro atoms. The monoisotopic (exact) mass is 294 g/mol. The fourth-order valence-electron chi connectivity index (χ4n) is 1.52. The van der Waals surface area contributed by atoms with Crippen LogP contribution >= 0.6 is 22.9 Å². The number of hydrogen-bond donors (Lipinski definition) is 1. The lowest BCUT2D eigenvalue weighted by atomic mass is 10.1. The van der Waals surface area contributed by atoms with Crippen molar-refractivity contribution < 1.29 is 4.79 Å². The molecule has 0 fully saturated rings. The molecule has 0 atom stereocenters. The van der Waals surface area contributed by atoms with E-state index in [1.807, 2.05) is 17.5 Å². The molecule has 0 aliphatic rings. The summed E-state index contributed by atoms with van der Waals surface area (Å²) < 4.78 is 0. The third-order valence-electron chi connectivity index (χ3n) is 2.70. The average Bonchev–Trinajstić information content (AvgIpc) is 2.87. The lowest BCUT2D eigenvalue weighted by Gasteiger charge is -2.03. The van der Waals surface area contributed by atoms with Crippen molar-refractivity contribution in [1.82, 2.24) is 4.98 Å². The first kappa shape index (κ1) is 14.0. The van der Waals surface area contributed by atoms with Gasteiger partial charge in [0.15, 0.2) is 5.13 Å². The molecule has 1 heterocycles. The average molecular weight is 295 g/mol. The van der Waals surface area contributed by atoms with E-state index in [0.29, 0.717) is 22.5 Å². The first-order chi connectivity index (χ1) is 9.10. The van der Waals surface area contributed by atoms with E-state index in [2.05, 4.69) is 24.1 Å². The Balaban J connectivity index is 2.06. The van der Waals surface area contributed by atoms with Gasteiger partial charge in [-0.1, -0.05) is 26.0 Å². The summed E-state index contributed by atoms with van der Waals surface area (Å²) in [6.07, 6.45) is 0. The summed E-state index contributed by atoms with van der Waals surface area (Å²) in [6.45, 7) is 4.15. The van der Waals surface area contributed by atoms with Gasteiger partial charge in [0.05, 0.1) is 5.69 Å². The highest BCUT2D eigenvalue weighted by molar-refractivity contribution is 7.14. The van der Waals surface area contributed by atoms with Crippen molar-refractivity contribution in [2.45, 2.75) is 25.6 Å². The van der Waals surface area contributed by atoms with E-state index in [0.717, 1.165) is 11.3 Å². The minimum Gasteiger partial charge on any atom is -0.298 e. The Morgan fingerprint density at radius 3 is 2.58 bits per heavy atom. The Morgan fingerprint density at radius 2 is 2.05 bits per heavy atom. The van der Waals surface area contributed by atoms with E-state index in [1.165, 1.54) is 11.3 Å². The normalized spacial score (nSPS) is 10.7. The summed E-state index contributed by atoms with van der Waals surface area (Å²) in [7, 11) is 0. The van der Waals surface area contributed by atoms with Crippen LogP contribution in [0.5, 0.6) is 0 Å². The number of nitrogens with one attached hydrogen (secondary N) is 1. The molecule has 5 heteroatoms. The van der Waals surface area contributed by atoms with Crippen LogP contribution in [0.2, 0.25) is 0 Å². The van der Waals surface area contributed by atoms with E-state index in [-0.39, 0.29) is 5.91 Å². The molecule has 3 nitrogen and oxygen atoms in total. The Bertz CT molecular complexity index is 563. The Labute approximate surface area is 121 Å². The Kier molecular flexibility index (Phi) is 4.56. The van der Waals surface area contributed by atoms with Crippen LogP contribution in [0.15, 0.2) is 29.6 Å². The quantitative estimate of drug-likeness (QED) is 0.856. The molecular formula is C14H15ClN2OS. The van der Waals surface area contributed by atoms with Crippen molar-refractivity contribution in [2.24, 2.45) is 0 Å². The highest BCUT2D eigenvalue weighted by Gasteiger charge is 2.10. The zero-order valence-corrected chi connectivity index (χ0v) is 12.4. The molecular weight excluding hydrogens is 280 g/mol. The minimum absolute atomic E-state index is 0.147. The molecule has 1 aromatic carbocycles. The fraction of sp³-hybridized carbons (Fsp3) is 0.286. The topological polar surface area (TPSA) is 42.0 Å². The van der Waals surface area contributed by atoms with Crippen LogP contribution in [0, 0.1) is 0 Å². The van der Waals surface area contributed by atoms with Gasteiger partial charge < -0.3 is 0 Å². The molecule has 0 bridgehead atoms. The van der Waals surface area contributed by atoms with Gasteiger partial charge in [-0.3, -0.25) is 10.1 Å². The lowest BCUT2D eigenvalue weighted by molar-refractivity contribution is 0.102. The number of thiazole rings is 1. The number of nitrogens with zero attached hydrogens (tertiary/aromatic N) is 1. The van der Waals surface area contributed by atoms with E-state index in [9.17, 15) is 4.79 Å². The third kappa shape index (κ3) is 3.55. The van der Waals surface area contributed by atoms with Crippen molar-refractivity contribution >= 4 is 34.0 Å². The second-order valence-corrected chi connectivity index (χ2v) is 5.64. The first-order valence-corrected chi connectivity index (χ1v) is 7.43. The molecule has 2 rings (SSSR count). The molecule has 1 aromatic heterocycles. The van der Waals surface area contributed by atoms with Gasteiger partial charge in [0.2, 0.25) is 0 Å². The maximum atomic E-state index is 12.0. The first-order valence-electron chi connectivity index (χ1n) is 6.02. The zero-order chi connectivity index (χ0) is 13.8. The van der Waals surface area contributed by atoms with Gasteiger partial charge in [0.1, 0.15) is 0 Å².